The second-order valence-corrected chi connectivity index (χ2v) is 9.46. The van der Waals surface area contributed by atoms with Crippen LogP contribution in [0, 0.1) is 11.7 Å². The molecular formula is C22H31FN6O2S. The number of hydrogen-bond acceptors (Lipinski definition) is 7. The van der Waals surface area contributed by atoms with Crippen molar-refractivity contribution in [1.29, 1.82) is 0 Å². The van der Waals surface area contributed by atoms with E-state index in [2.05, 4.69) is 38.4 Å². The fourth-order valence-electron chi connectivity index (χ4n) is 3.99. The van der Waals surface area contributed by atoms with Crippen molar-refractivity contribution in [2.45, 2.75) is 25.5 Å². The molecule has 4 rings (SSSR count). The summed E-state index contributed by atoms with van der Waals surface area (Å²) in [4.78, 5) is 19.1. The third kappa shape index (κ3) is 5.53. The molecule has 0 atom stereocenters. The lowest BCUT2D eigenvalue weighted by Crippen LogP contribution is -2.49. The van der Waals surface area contributed by atoms with Gasteiger partial charge >= 0.3 is 0 Å². The fourth-order valence-corrected chi connectivity index (χ4v) is 4.84. The minimum absolute atomic E-state index is 0.112. The van der Waals surface area contributed by atoms with Gasteiger partial charge in [-0.05, 0) is 30.2 Å². The van der Waals surface area contributed by atoms with Crippen LogP contribution in [0.2, 0.25) is 0 Å². The largest absolute Gasteiger partial charge is 0.378 e. The van der Waals surface area contributed by atoms with E-state index in [9.17, 15) is 9.18 Å². The molecule has 0 saturated carbocycles. The number of halogens is 1. The fraction of sp³-hybridized carbons (Fsp3) is 0.591. The molecule has 0 aliphatic carbocycles. The summed E-state index contributed by atoms with van der Waals surface area (Å²) >= 11 is 1.46. The van der Waals surface area contributed by atoms with Crippen LogP contribution in [0.1, 0.15) is 13.8 Å². The van der Waals surface area contributed by atoms with E-state index in [1.807, 2.05) is 4.90 Å². The van der Waals surface area contributed by atoms with Crippen LogP contribution >= 0.6 is 11.8 Å². The molecular weight excluding hydrogens is 431 g/mol. The molecule has 1 amide bonds. The van der Waals surface area contributed by atoms with Gasteiger partial charge in [-0.1, -0.05) is 25.6 Å². The molecule has 174 valence electrons. The normalized spacial score (nSPS) is 17.3. The molecule has 0 spiro atoms. The first-order valence-electron chi connectivity index (χ1n) is 11.2. The molecule has 3 heterocycles. The van der Waals surface area contributed by atoms with Crippen LogP contribution in [-0.2, 0) is 16.1 Å². The molecule has 8 nitrogen and oxygen atoms in total. The number of benzene rings is 1. The number of hydrogen-bond donors (Lipinski definition) is 0. The SMILES string of the molecule is CC(C)Cn1c(SCC(=O)N2CCN(c3ccc(F)cc3)CC2)nnc1N1CCOCC1. The van der Waals surface area contributed by atoms with E-state index in [0.717, 1.165) is 49.5 Å². The standard InChI is InChI=1S/C22H31FN6O2S/c1-17(2)15-29-21(28-11-13-31-14-12-28)24-25-22(29)32-16-20(30)27-9-7-26(8-10-27)19-5-3-18(23)4-6-19/h3-6,17H,7-16H2,1-2H3. The number of piperazine rings is 1. The number of amides is 1. The predicted octanol–water partition coefficient (Wildman–Crippen LogP) is 2.35. The molecule has 0 bridgehead atoms. The number of aromatic nitrogens is 3. The van der Waals surface area contributed by atoms with Crippen molar-refractivity contribution in [3.8, 4) is 0 Å². The highest BCUT2D eigenvalue weighted by atomic mass is 32.2. The predicted molar refractivity (Wildman–Crippen MR) is 124 cm³/mol. The highest BCUT2D eigenvalue weighted by Gasteiger charge is 2.24. The lowest BCUT2D eigenvalue weighted by Gasteiger charge is -2.36. The van der Waals surface area contributed by atoms with Crippen molar-refractivity contribution < 1.29 is 13.9 Å². The van der Waals surface area contributed by atoms with Gasteiger partial charge in [0.1, 0.15) is 5.82 Å². The van der Waals surface area contributed by atoms with Gasteiger partial charge in [-0.15, -0.1) is 10.2 Å². The summed E-state index contributed by atoms with van der Waals surface area (Å²) in [6.07, 6.45) is 0. The minimum Gasteiger partial charge on any atom is -0.378 e. The van der Waals surface area contributed by atoms with Gasteiger partial charge in [-0.25, -0.2) is 4.39 Å². The first-order chi connectivity index (χ1) is 15.5. The number of carbonyl (C=O) groups is 1. The van der Waals surface area contributed by atoms with E-state index in [4.69, 9.17) is 4.74 Å². The molecule has 32 heavy (non-hydrogen) atoms. The Morgan fingerprint density at radius 1 is 1.03 bits per heavy atom. The van der Waals surface area contributed by atoms with Crippen molar-refractivity contribution in [2.24, 2.45) is 5.92 Å². The molecule has 0 N–H and O–H groups in total. The third-order valence-corrected chi connectivity index (χ3v) is 6.64. The monoisotopic (exact) mass is 462 g/mol. The van der Waals surface area contributed by atoms with Crippen molar-refractivity contribution in [1.82, 2.24) is 19.7 Å². The summed E-state index contributed by atoms with van der Waals surface area (Å²) in [6.45, 7) is 11.0. The maximum absolute atomic E-state index is 13.2. The highest BCUT2D eigenvalue weighted by Crippen LogP contribution is 2.25. The molecule has 0 unspecified atom stereocenters. The zero-order valence-corrected chi connectivity index (χ0v) is 19.6. The summed E-state index contributed by atoms with van der Waals surface area (Å²) in [5.41, 5.74) is 0.991. The van der Waals surface area contributed by atoms with Gasteiger partial charge in [0.2, 0.25) is 11.9 Å². The van der Waals surface area contributed by atoms with Gasteiger partial charge in [0.05, 0.1) is 19.0 Å². The Bertz CT molecular complexity index is 892. The van der Waals surface area contributed by atoms with Crippen LogP contribution in [0.4, 0.5) is 16.0 Å². The van der Waals surface area contributed by atoms with Crippen LogP contribution in [0.25, 0.3) is 0 Å². The summed E-state index contributed by atoms with van der Waals surface area (Å²) in [7, 11) is 0. The zero-order chi connectivity index (χ0) is 22.5. The average Bonchev–Trinajstić information content (AvgIpc) is 3.20. The van der Waals surface area contributed by atoms with Crippen molar-refractivity contribution in [3.05, 3.63) is 30.1 Å². The molecule has 10 heteroatoms. The van der Waals surface area contributed by atoms with Gasteiger partial charge in [-0.2, -0.15) is 0 Å². The Morgan fingerprint density at radius 2 is 1.72 bits per heavy atom. The number of morpholine rings is 1. The molecule has 1 aromatic carbocycles. The number of nitrogens with zero attached hydrogens (tertiary/aromatic N) is 6. The lowest BCUT2D eigenvalue weighted by atomic mass is 10.2. The van der Waals surface area contributed by atoms with Gasteiger partial charge in [0, 0.05) is 51.5 Å². The average molecular weight is 463 g/mol. The molecule has 1 aromatic heterocycles. The van der Waals surface area contributed by atoms with Crippen LogP contribution in [0.3, 0.4) is 0 Å². The van der Waals surface area contributed by atoms with E-state index in [-0.39, 0.29) is 11.7 Å². The van der Waals surface area contributed by atoms with Crippen molar-refractivity contribution in [3.63, 3.8) is 0 Å². The lowest BCUT2D eigenvalue weighted by molar-refractivity contribution is -0.128. The minimum atomic E-state index is -0.235. The van der Waals surface area contributed by atoms with Crippen molar-refractivity contribution >= 4 is 29.3 Å². The number of thioether (sulfide) groups is 1. The molecule has 0 radical (unpaired) electrons. The molecule has 2 saturated heterocycles. The summed E-state index contributed by atoms with van der Waals surface area (Å²) < 4.78 is 20.8. The molecule has 2 aliphatic rings. The Balaban J connectivity index is 1.33. The topological polar surface area (TPSA) is 66.7 Å². The Labute approximate surface area is 192 Å². The summed E-state index contributed by atoms with van der Waals surface area (Å²) in [5.74, 6) is 1.53. The Morgan fingerprint density at radius 3 is 2.38 bits per heavy atom. The Hall–Kier alpha value is -2.33. The number of anilines is 2. The van der Waals surface area contributed by atoms with E-state index in [1.54, 1.807) is 12.1 Å². The van der Waals surface area contributed by atoms with Gasteiger partial charge in [0.25, 0.3) is 0 Å². The summed E-state index contributed by atoms with van der Waals surface area (Å²) in [6, 6.07) is 6.52. The van der Waals surface area contributed by atoms with Gasteiger partial charge in [-0.3, -0.25) is 9.36 Å². The molecule has 2 fully saturated rings. The number of ether oxygens (including phenoxy) is 1. The van der Waals surface area contributed by atoms with Gasteiger partial charge in [0.15, 0.2) is 5.16 Å². The van der Waals surface area contributed by atoms with Gasteiger partial charge < -0.3 is 19.4 Å². The first kappa shape index (κ1) is 22.8. The van der Waals surface area contributed by atoms with E-state index < -0.39 is 0 Å². The number of rotatable bonds is 7. The zero-order valence-electron chi connectivity index (χ0n) is 18.7. The van der Waals surface area contributed by atoms with Crippen LogP contribution in [0.15, 0.2) is 29.4 Å². The van der Waals surface area contributed by atoms with E-state index >= 15 is 0 Å². The van der Waals surface area contributed by atoms with Crippen LogP contribution < -0.4 is 9.80 Å². The number of carbonyl (C=O) groups excluding carboxylic acids is 1. The summed E-state index contributed by atoms with van der Waals surface area (Å²) in [5, 5.41) is 9.63. The molecule has 2 aromatic rings. The van der Waals surface area contributed by atoms with E-state index in [0.29, 0.717) is 38.0 Å². The molecule has 2 aliphatic heterocycles. The second kappa shape index (κ2) is 10.5. The van der Waals surface area contributed by atoms with Crippen LogP contribution in [0.5, 0.6) is 0 Å². The smallest absolute Gasteiger partial charge is 0.233 e. The first-order valence-corrected chi connectivity index (χ1v) is 12.2. The maximum Gasteiger partial charge on any atom is 0.233 e. The van der Waals surface area contributed by atoms with Crippen LogP contribution in [-0.4, -0.2) is 83.8 Å². The highest BCUT2D eigenvalue weighted by molar-refractivity contribution is 7.99. The second-order valence-electron chi connectivity index (χ2n) is 8.52. The quantitative estimate of drug-likeness (QED) is 0.585. The van der Waals surface area contributed by atoms with Crippen molar-refractivity contribution in [2.75, 3.05) is 68.0 Å². The maximum atomic E-state index is 13.2. The van der Waals surface area contributed by atoms with E-state index in [1.165, 1.54) is 23.9 Å². The Kier molecular flexibility index (Phi) is 7.51. The third-order valence-electron chi connectivity index (χ3n) is 5.69.